The number of likely N-dealkylation sites (tertiary alicyclic amines) is 1. The summed E-state index contributed by atoms with van der Waals surface area (Å²) in [5.74, 6) is 0. The smallest absolute Gasteiger partial charge is 0.182 e. The summed E-state index contributed by atoms with van der Waals surface area (Å²) >= 11 is 1.75. The molecule has 114 valence electrons. The average Bonchev–Trinajstić information content (AvgIpc) is 2.92. The molecule has 0 amide bonds. The molecule has 1 aliphatic rings. The molecule has 0 spiro atoms. The third kappa shape index (κ3) is 5.01. The third-order valence-corrected chi connectivity index (χ3v) is 4.38. The number of aliphatic hydroxyl groups is 1. The monoisotopic (exact) mass is 299 g/mol. The van der Waals surface area contributed by atoms with E-state index in [9.17, 15) is 0 Å². The molecule has 0 radical (unpaired) electrons. The average molecular weight is 299 g/mol. The second kappa shape index (κ2) is 8.56. The Morgan fingerprint density at radius 2 is 2.30 bits per heavy atom. The van der Waals surface area contributed by atoms with Crippen LogP contribution in [0.2, 0.25) is 0 Å². The summed E-state index contributed by atoms with van der Waals surface area (Å²) in [6.45, 7) is 6.83. The lowest BCUT2D eigenvalue weighted by Gasteiger charge is -2.31. The number of rotatable bonds is 8. The summed E-state index contributed by atoms with van der Waals surface area (Å²) in [4.78, 5) is 8.18. The highest BCUT2D eigenvalue weighted by molar-refractivity contribution is 7.15. The summed E-state index contributed by atoms with van der Waals surface area (Å²) in [7, 11) is 0. The molecular weight excluding hydrogens is 274 g/mol. The highest BCUT2D eigenvalue weighted by atomic mass is 32.1. The number of thiazole rings is 1. The first-order chi connectivity index (χ1) is 9.81. The minimum atomic E-state index is 0.120. The number of hydrogen-bond acceptors (Lipinski definition) is 6. The van der Waals surface area contributed by atoms with E-state index in [-0.39, 0.29) is 6.61 Å². The molecule has 1 aliphatic heterocycles. The summed E-state index contributed by atoms with van der Waals surface area (Å²) in [5.41, 5.74) is 0. The number of ether oxygens (including phenoxy) is 1. The molecule has 0 aliphatic carbocycles. The van der Waals surface area contributed by atoms with Gasteiger partial charge in [0.15, 0.2) is 5.13 Å². The molecule has 0 unspecified atom stereocenters. The van der Waals surface area contributed by atoms with Crippen molar-refractivity contribution in [3.63, 3.8) is 0 Å². The van der Waals surface area contributed by atoms with Crippen LogP contribution in [-0.2, 0) is 11.3 Å². The van der Waals surface area contributed by atoms with Crippen molar-refractivity contribution in [1.29, 1.82) is 0 Å². The predicted molar refractivity (Wildman–Crippen MR) is 82.2 cm³/mol. The van der Waals surface area contributed by atoms with Crippen LogP contribution in [0.4, 0.5) is 5.13 Å². The molecule has 6 heteroatoms. The quantitative estimate of drug-likeness (QED) is 0.768. The standard InChI is InChI=1S/C14H25N3O2S/c1-2-5-15-14-16-10-13(20-14)11-17-6-3-12(4-7-17)19-9-8-18/h10,12,18H,2-9,11H2,1H3,(H,15,16). The van der Waals surface area contributed by atoms with E-state index in [4.69, 9.17) is 9.84 Å². The Bertz CT molecular complexity index is 378. The van der Waals surface area contributed by atoms with Crippen LogP contribution in [0.3, 0.4) is 0 Å². The van der Waals surface area contributed by atoms with E-state index in [2.05, 4.69) is 22.1 Å². The molecule has 0 aromatic carbocycles. The van der Waals surface area contributed by atoms with Gasteiger partial charge < -0.3 is 15.2 Å². The number of piperidine rings is 1. The van der Waals surface area contributed by atoms with Crippen LogP contribution in [0.15, 0.2) is 6.20 Å². The van der Waals surface area contributed by atoms with Crippen LogP contribution in [0.25, 0.3) is 0 Å². The fourth-order valence-electron chi connectivity index (χ4n) is 2.37. The number of hydrogen-bond donors (Lipinski definition) is 2. The zero-order chi connectivity index (χ0) is 14.2. The summed E-state index contributed by atoms with van der Waals surface area (Å²) < 4.78 is 5.58. The molecular formula is C14H25N3O2S. The molecule has 2 rings (SSSR count). The van der Waals surface area contributed by atoms with Gasteiger partial charge in [0.2, 0.25) is 0 Å². The number of anilines is 1. The minimum absolute atomic E-state index is 0.120. The molecule has 1 aromatic heterocycles. The lowest BCUT2D eigenvalue weighted by molar-refractivity contribution is -0.00887. The first kappa shape index (κ1) is 15.7. The van der Waals surface area contributed by atoms with Gasteiger partial charge in [-0.25, -0.2) is 4.98 Å². The number of aromatic nitrogens is 1. The van der Waals surface area contributed by atoms with Crippen LogP contribution >= 0.6 is 11.3 Å². The van der Waals surface area contributed by atoms with Crippen LogP contribution in [-0.4, -0.2) is 53.9 Å². The Hall–Kier alpha value is -0.690. The molecule has 0 saturated carbocycles. The maximum atomic E-state index is 8.76. The van der Waals surface area contributed by atoms with Crippen molar-refractivity contribution in [2.75, 3.05) is 38.2 Å². The van der Waals surface area contributed by atoms with Crippen molar-refractivity contribution in [3.8, 4) is 0 Å². The van der Waals surface area contributed by atoms with E-state index in [0.717, 1.165) is 50.6 Å². The van der Waals surface area contributed by atoms with E-state index in [1.54, 1.807) is 11.3 Å². The van der Waals surface area contributed by atoms with Crippen molar-refractivity contribution >= 4 is 16.5 Å². The molecule has 0 atom stereocenters. The summed E-state index contributed by atoms with van der Waals surface area (Å²) in [6, 6.07) is 0. The largest absolute Gasteiger partial charge is 0.394 e. The van der Waals surface area contributed by atoms with Crippen molar-refractivity contribution in [2.24, 2.45) is 0 Å². The Morgan fingerprint density at radius 3 is 3.00 bits per heavy atom. The zero-order valence-corrected chi connectivity index (χ0v) is 13.0. The van der Waals surface area contributed by atoms with E-state index in [1.807, 2.05) is 6.20 Å². The van der Waals surface area contributed by atoms with Gasteiger partial charge in [0, 0.05) is 37.3 Å². The first-order valence-corrected chi connectivity index (χ1v) is 8.27. The zero-order valence-electron chi connectivity index (χ0n) is 12.2. The Balaban J connectivity index is 1.70. The third-order valence-electron chi connectivity index (χ3n) is 3.44. The van der Waals surface area contributed by atoms with Crippen molar-refractivity contribution in [1.82, 2.24) is 9.88 Å². The van der Waals surface area contributed by atoms with Crippen LogP contribution < -0.4 is 5.32 Å². The molecule has 1 fully saturated rings. The lowest BCUT2D eigenvalue weighted by Crippen LogP contribution is -2.36. The maximum Gasteiger partial charge on any atom is 0.182 e. The van der Waals surface area contributed by atoms with E-state index in [1.165, 1.54) is 4.88 Å². The van der Waals surface area contributed by atoms with E-state index in [0.29, 0.717) is 12.7 Å². The van der Waals surface area contributed by atoms with Gasteiger partial charge >= 0.3 is 0 Å². The minimum Gasteiger partial charge on any atom is -0.394 e. The molecule has 0 bridgehead atoms. The Morgan fingerprint density at radius 1 is 1.50 bits per heavy atom. The normalized spacial score (nSPS) is 17.5. The van der Waals surface area contributed by atoms with Crippen LogP contribution in [0, 0.1) is 0 Å². The maximum absolute atomic E-state index is 8.76. The Labute approximate surface area is 125 Å². The lowest BCUT2D eigenvalue weighted by atomic mass is 10.1. The van der Waals surface area contributed by atoms with Crippen molar-refractivity contribution in [3.05, 3.63) is 11.1 Å². The van der Waals surface area contributed by atoms with Gasteiger partial charge in [0.1, 0.15) is 0 Å². The van der Waals surface area contributed by atoms with Crippen molar-refractivity contribution < 1.29 is 9.84 Å². The second-order valence-electron chi connectivity index (χ2n) is 5.13. The van der Waals surface area contributed by atoms with Gasteiger partial charge in [-0.15, -0.1) is 11.3 Å². The van der Waals surface area contributed by atoms with Gasteiger partial charge in [-0.3, -0.25) is 4.90 Å². The highest BCUT2D eigenvalue weighted by Gasteiger charge is 2.20. The molecule has 1 saturated heterocycles. The molecule has 20 heavy (non-hydrogen) atoms. The van der Waals surface area contributed by atoms with Gasteiger partial charge in [-0.1, -0.05) is 6.92 Å². The second-order valence-corrected chi connectivity index (χ2v) is 6.24. The predicted octanol–water partition coefficient (Wildman–Crippen LogP) is 1.94. The first-order valence-electron chi connectivity index (χ1n) is 7.45. The van der Waals surface area contributed by atoms with Gasteiger partial charge in [0.25, 0.3) is 0 Å². The summed E-state index contributed by atoms with van der Waals surface area (Å²) in [6.07, 6.45) is 5.54. The van der Waals surface area contributed by atoms with Crippen LogP contribution in [0.5, 0.6) is 0 Å². The Kier molecular flexibility index (Phi) is 6.72. The van der Waals surface area contributed by atoms with Crippen molar-refractivity contribution in [2.45, 2.75) is 38.8 Å². The highest BCUT2D eigenvalue weighted by Crippen LogP contribution is 2.22. The number of aliphatic hydroxyl groups excluding tert-OH is 1. The van der Waals surface area contributed by atoms with E-state index < -0.39 is 0 Å². The van der Waals surface area contributed by atoms with Crippen LogP contribution in [0.1, 0.15) is 31.1 Å². The van der Waals surface area contributed by atoms with Gasteiger partial charge in [-0.05, 0) is 19.3 Å². The molecule has 1 aromatic rings. The van der Waals surface area contributed by atoms with Gasteiger partial charge in [0.05, 0.1) is 19.3 Å². The topological polar surface area (TPSA) is 57.6 Å². The van der Waals surface area contributed by atoms with Gasteiger partial charge in [-0.2, -0.15) is 0 Å². The molecule has 5 nitrogen and oxygen atoms in total. The summed E-state index contributed by atoms with van der Waals surface area (Å²) in [5, 5.41) is 13.1. The number of nitrogens with one attached hydrogen (secondary N) is 1. The fourth-order valence-corrected chi connectivity index (χ4v) is 3.25. The molecule has 2 heterocycles. The fraction of sp³-hybridized carbons (Fsp3) is 0.786. The van der Waals surface area contributed by atoms with E-state index >= 15 is 0 Å². The SMILES string of the molecule is CCCNc1ncc(CN2CCC(OCCO)CC2)s1. The number of nitrogens with zero attached hydrogens (tertiary/aromatic N) is 2. The molecule has 2 N–H and O–H groups in total.